The number of aliphatic hydroxyl groups excluding tert-OH is 1. The minimum atomic E-state index is -5.01. The molecule has 0 aliphatic rings. The van der Waals surface area contributed by atoms with Gasteiger partial charge >= 0.3 is 39.5 Å². The van der Waals surface area contributed by atoms with Gasteiger partial charge in [-0.1, -0.05) is 281 Å². The summed E-state index contributed by atoms with van der Waals surface area (Å²) in [5.41, 5.74) is 0. The Kier molecular flexibility index (Phi) is 73.1. The number of esters is 4. The van der Waals surface area contributed by atoms with Gasteiger partial charge in [-0.05, 0) is 161 Å². The quantitative estimate of drug-likeness (QED) is 0.0169. The summed E-state index contributed by atoms with van der Waals surface area (Å²) in [5, 5.41) is 10.6. The van der Waals surface area contributed by atoms with E-state index in [1.807, 2.05) is 30.4 Å². The molecule has 0 spiro atoms. The Hall–Kier alpha value is -5.84. The van der Waals surface area contributed by atoms with Crippen molar-refractivity contribution in [1.82, 2.24) is 0 Å². The second kappa shape index (κ2) is 77.3. The van der Waals surface area contributed by atoms with Crippen molar-refractivity contribution in [2.45, 2.75) is 303 Å². The highest BCUT2D eigenvalue weighted by Crippen LogP contribution is 2.45. The van der Waals surface area contributed by atoms with Crippen molar-refractivity contribution in [3.8, 4) is 0 Å². The molecule has 0 aromatic heterocycles. The number of carbonyl (C=O) groups excluding carboxylic acids is 4. The van der Waals surface area contributed by atoms with E-state index in [1.165, 1.54) is 25.7 Å². The molecule has 106 heavy (non-hydrogen) atoms. The van der Waals surface area contributed by atoms with Gasteiger partial charge in [0.2, 0.25) is 0 Å². The van der Waals surface area contributed by atoms with Gasteiger partial charge in [0.25, 0.3) is 0 Å². The summed E-state index contributed by atoms with van der Waals surface area (Å²) >= 11 is 0. The van der Waals surface area contributed by atoms with Gasteiger partial charge in [-0.25, -0.2) is 9.13 Å². The van der Waals surface area contributed by atoms with E-state index in [2.05, 4.69) is 180 Å². The molecular weight excluding hydrogens is 1380 g/mol. The molecular formula is C87H140O17P2. The van der Waals surface area contributed by atoms with E-state index in [4.69, 9.17) is 37.0 Å². The van der Waals surface area contributed by atoms with Crippen molar-refractivity contribution in [3.63, 3.8) is 0 Å². The zero-order chi connectivity index (χ0) is 77.4. The predicted molar refractivity (Wildman–Crippen MR) is 436 cm³/mol. The van der Waals surface area contributed by atoms with Crippen molar-refractivity contribution in [3.05, 3.63) is 182 Å². The van der Waals surface area contributed by atoms with E-state index < -0.39 is 97.5 Å². The van der Waals surface area contributed by atoms with Gasteiger partial charge in [0.05, 0.1) is 26.4 Å². The SMILES string of the molecule is CC/C=C\C/C=C\C/C=C\C/C=C\C/C=C\C/C=C\CCC(=O)OCC(COP(=O)(O)OCC(O)COP(=O)(O)OCC(COC(=O)CCC/C=C\C/C=C\C/C=C\C/C=C\C/C=C\CC)OC(=O)CCCCCCCCC/C=C\C/C=C\C/C=C\CC)OC(=O)CCCCCCC/C=C\CCCCCC. The highest BCUT2D eigenvalue weighted by atomic mass is 31.2. The smallest absolute Gasteiger partial charge is 0.462 e. The Morgan fingerprint density at radius 1 is 0.274 bits per heavy atom. The van der Waals surface area contributed by atoms with Crippen LogP contribution in [0.2, 0.25) is 0 Å². The molecule has 0 aliphatic carbocycles. The summed E-state index contributed by atoms with van der Waals surface area (Å²) in [5.74, 6) is -2.38. The van der Waals surface area contributed by atoms with Crippen molar-refractivity contribution < 1.29 is 80.2 Å². The van der Waals surface area contributed by atoms with Gasteiger partial charge in [-0.3, -0.25) is 37.3 Å². The average Bonchev–Trinajstić information content (AvgIpc) is 0.900. The minimum absolute atomic E-state index is 0.0277. The molecule has 0 saturated carbocycles. The van der Waals surface area contributed by atoms with Crippen molar-refractivity contribution in [1.29, 1.82) is 0 Å². The molecule has 5 atom stereocenters. The number of phosphoric ester groups is 2. The monoisotopic (exact) mass is 1520 g/mol. The van der Waals surface area contributed by atoms with E-state index in [0.717, 1.165) is 167 Å². The van der Waals surface area contributed by atoms with Crippen molar-refractivity contribution in [2.24, 2.45) is 0 Å². The molecule has 5 unspecified atom stereocenters. The van der Waals surface area contributed by atoms with Crippen LogP contribution in [0, 0.1) is 0 Å². The van der Waals surface area contributed by atoms with Crippen LogP contribution >= 0.6 is 15.6 Å². The average molecular weight is 1520 g/mol. The van der Waals surface area contributed by atoms with Gasteiger partial charge in [-0.2, -0.15) is 0 Å². The van der Waals surface area contributed by atoms with Crippen LogP contribution in [0.4, 0.5) is 0 Å². The molecule has 0 heterocycles. The number of hydrogen-bond donors (Lipinski definition) is 3. The van der Waals surface area contributed by atoms with Crippen LogP contribution in [0.5, 0.6) is 0 Å². The number of carbonyl (C=O) groups is 4. The maximum absolute atomic E-state index is 13.1. The van der Waals surface area contributed by atoms with Crippen LogP contribution in [0.1, 0.15) is 285 Å². The molecule has 0 bridgehead atoms. The van der Waals surface area contributed by atoms with Crippen molar-refractivity contribution >= 4 is 39.5 Å². The third-order valence-corrected chi connectivity index (χ3v) is 17.8. The Morgan fingerprint density at radius 3 is 0.849 bits per heavy atom. The zero-order valence-corrected chi connectivity index (χ0v) is 67.3. The standard InChI is InChI=1S/C87H140O17P2/c1-5-9-13-17-21-25-29-33-36-39-40-43-45-49-52-56-60-64-68-72-85(90)97-77-82(103-86(91)73-69-65-61-57-53-47-32-28-24-20-16-12-8-4)79-101-105(93,94)99-75-81(88)76-100-106(95,96)102-80-83(104-87(92)74-70-66-62-58-54-50-46-42-38-35-31-27-23-19-15-11-7-3)78-98-84(89)71-67-63-59-55-51-48-44-41-37-34-30-26-22-18-14-10-6-2/h9-11,13-15,21-23,25-28,32-38,40,43-44,48-49,52,55,59-60,64,81-83,88H,5-8,12,16-20,24,29-31,39,41-42,45-47,50-51,53-54,56-58,61-63,65-80H2,1-4H3,(H,93,94)(H,95,96)/b13-9-,14-10-,15-11-,25-21-,26-22-,27-23-,32-28-,36-33-,37-34-,38-35-,43-40-,48-44-,52-49-,59-55-,64-60-. The summed E-state index contributed by atoms with van der Waals surface area (Å²) in [6, 6.07) is 0. The van der Waals surface area contributed by atoms with E-state index in [9.17, 15) is 43.2 Å². The molecule has 0 aromatic carbocycles. The van der Waals surface area contributed by atoms with E-state index in [0.29, 0.717) is 38.5 Å². The van der Waals surface area contributed by atoms with Crippen LogP contribution in [0.25, 0.3) is 0 Å². The zero-order valence-electron chi connectivity index (χ0n) is 65.5. The second-order valence-corrected chi connectivity index (χ2v) is 28.8. The van der Waals surface area contributed by atoms with Gasteiger partial charge < -0.3 is 33.8 Å². The topological polar surface area (TPSA) is 237 Å². The molecule has 17 nitrogen and oxygen atoms in total. The van der Waals surface area contributed by atoms with Gasteiger partial charge in [0, 0.05) is 25.7 Å². The first kappa shape index (κ1) is 100. The Labute approximate surface area is 641 Å². The fourth-order valence-electron chi connectivity index (χ4n) is 9.88. The Morgan fingerprint density at radius 2 is 0.519 bits per heavy atom. The lowest BCUT2D eigenvalue weighted by Crippen LogP contribution is -2.30. The number of phosphoric acid groups is 2. The third kappa shape index (κ3) is 76.4. The van der Waals surface area contributed by atoms with Gasteiger partial charge in [0.1, 0.15) is 19.3 Å². The molecule has 600 valence electrons. The molecule has 0 aliphatic heterocycles. The van der Waals surface area contributed by atoms with Crippen molar-refractivity contribution in [2.75, 3.05) is 39.6 Å². The number of ether oxygens (including phenoxy) is 4. The predicted octanol–water partition coefficient (Wildman–Crippen LogP) is 23.6. The molecule has 0 radical (unpaired) electrons. The molecule has 0 aromatic rings. The number of allylic oxidation sites excluding steroid dienone is 30. The maximum Gasteiger partial charge on any atom is 0.472 e. The fraction of sp³-hybridized carbons (Fsp3) is 0.609. The maximum atomic E-state index is 13.1. The first-order chi connectivity index (χ1) is 51.7. The van der Waals surface area contributed by atoms with Crippen LogP contribution < -0.4 is 0 Å². The van der Waals surface area contributed by atoms with Crippen LogP contribution in [0.15, 0.2) is 182 Å². The highest BCUT2D eigenvalue weighted by Gasteiger charge is 2.30. The molecule has 19 heteroatoms. The van der Waals surface area contributed by atoms with Crippen LogP contribution in [0.3, 0.4) is 0 Å². The second-order valence-electron chi connectivity index (χ2n) is 25.9. The largest absolute Gasteiger partial charge is 0.472 e. The number of hydrogen-bond acceptors (Lipinski definition) is 15. The van der Waals surface area contributed by atoms with E-state index in [1.54, 1.807) is 0 Å². The molecule has 0 rings (SSSR count). The highest BCUT2D eigenvalue weighted by molar-refractivity contribution is 7.47. The summed E-state index contributed by atoms with van der Waals surface area (Å²) < 4.78 is 68.5. The Balaban J connectivity index is 5.50. The van der Waals surface area contributed by atoms with Crippen LogP contribution in [-0.2, 0) is 65.4 Å². The van der Waals surface area contributed by atoms with E-state index >= 15 is 0 Å². The van der Waals surface area contributed by atoms with Crippen LogP contribution in [-0.4, -0.2) is 96.7 Å². The van der Waals surface area contributed by atoms with Gasteiger partial charge in [0.15, 0.2) is 12.2 Å². The summed E-state index contributed by atoms with van der Waals surface area (Å²) in [6.45, 7) is 4.33. The minimum Gasteiger partial charge on any atom is -0.462 e. The Bertz CT molecular complexity index is 2730. The first-order valence-corrected chi connectivity index (χ1v) is 43.0. The lowest BCUT2D eigenvalue weighted by Gasteiger charge is -2.21. The first-order valence-electron chi connectivity index (χ1n) is 40.0. The molecule has 0 amide bonds. The summed E-state index contributed by atoms with van der Waals surface area (Å²) in [4.78, 5) is 73.0. The normalized spacial score (nSPS) is 14.8. The molecule has 0 saturated heterocycles. The lowest BCUT2D eigenvalue weighted by molar-refractivity contribution is -0.161. The summed E-state index contributed by atoms with van der Waals surface area (Å²) in [7, 11) is -10.0. The fourth-order valence-corrected chi connectivity index (χ4v) is 11.5. The van der Waals surface area contributed by atoms with E-state index in [-0.39, 0.29) is 25.7 Å². The number of aliphatic hydroxyl groups is 1. The molecule has 0 fully saturated rings. The molecule has 3 N–H and O–H groups in total. The summed E-state index contributed by atoms with van der Waals surface area (Å²) in [6.07, 6.45) is 93.2. The number of rotatable bonds is 73. The lowest BCUT2D eigenvalue weighted by atomic mass is 10.1. The number of unbranched alkanes of at least 4 members (excludes halogenated alkanes) is 17. The van der Waals surface area contributed by atoms with Gasteiger partial charge in [-0.15, -0.1) is 0 Å². The third-order valence-electron chi connectivity index (χ3n) is 15.9.